The highest BCUT2D eigenvalue weighted by atomic mass is 35.5. The fourth-order valence-corrected chi connectivity index (χ4v) is 1.64. The van der Waals surface area contributed by atoms with E-state index in [0.717, 1.165) is 16.1 Å². The lowest BCUT2D eigenvalue weighted by atomic mass is 10.1. The first-order valence-electron chi connectivity index (χ1n) is 5.12. The maximum absolute atomic E-state index is 10.7. The van der Waals surface area contributed by atoms with Crippen molar-refractivity contribution in [1.29, 1.82) is 0 Å². The molecule has 88 valence electrons. The Balaban J connectivity index is 2.78. The van der Waals surface area contributed by atoms with E-state index in [2.05, 4.69) is 0 Å². The van der Waals surface area contributed by atoms with Crippen LogP contribution in [0.3, 0.4) is 0 Å². The molecular formula is C12H16ClNO2. The molecule has 1 rings (SSSR count). The van der Waals surface area contributed by atoms with Crippen LogP contribution in [0.1, 0.15) is 24.5 Å². The van der Waals surface area contributed by atoms with E-state index in [1.165, 1.54) is 0 Å². The van der Waals surface area contributed by atoms with E-state index < -0.39 is 0 Å². The van der Waals surface area contributed by atoms with Crippen molar-refractivity contribution in [2.45, 2.75) is 33.3 Å². The van der Waals surface area contributed by atoms with Gasteiger partial charge in [0.05, 0.1) is 6.42 Å². The van der Waals surface area contributed by atoms with Gasteiger partial charge in [-0.3, -0.25) is 4.79 Å². The fraction of sp³-hybridized carbons (Fsp3) is 0.417. The van der Waals surface area contributed by atoms with Crippen LogP contribution in [-0.4, -0.2) is 12.0 Å². The van der Waals surface area contributed by atoms with Crippen LogP contribution in [0.4, 0.5) is 0 Å². The first-order valence-corrected chi connectivity index (χ1v) is 5.49. The summed E-state index contributed by atoms with van der Waals surface area (Å²) in [6.07, 6.45) is -0.0155. The van der Waals surface area contributed by atoms with Gasteiger partial charge < -0.3 is 10.5 Å². The predicted octanol–water partition coefficient (Wildman–Crippen LogP) is 2.60. The molecule has 0 heterocycles. The van der Waals surface area contributed by atoms with E-state index in [1.54, 1.807) is 0 Å². The number of rotatable bonds is 4. The quantitative estimate of drug-likeness (QED) is 0.881. The summed E-state index contributed by atoms with van der Waals surface area (Å²) in [4.78, 5) is 10.7. The highest BCUT2D eigenvalue weighted by Crippen LogP contribution is 2.26. The van der Waals surface area contributed by atoms with Gasteiger partial charge in [0.1, 0.15) is 11.9 Å². The maximum Gasteiger partial charge on any atom is 0.221 e. The lowest BCUT2D eigenvalue weighted by molar-refractivity contribution is -0.119. The first-order chi connectivity index (χ1) is 7.40. The number of carbonyl (C=O) groups is 1. The number of hydrogen-bond donors (Lipinski definition) is 1. The zero-order valence-electron chi connectivity index (χ0n) is 9.71. The van der Waals surface area contributed by atoms with Gasteiger partial charge >= 0.3 is 0 Å². The molecule has 0 fully saturated rings. The van der Waals surface area contributed by atoms with E-state index in [9.17, 15) is 4.79 Å². The highest BCUT2D eigenvalue weighted by molar-refractivity contribution is 6.32. The van der Waals surface area contributed by atoms with Crippen molar-refractivity contribution in [3.05, 3.63) is 28.3 Å². The smallest absolute Gasteiger partial charge is 0.221 e. The number of benzene rings is 1. The minimum atomic E-state index is -0.366. The minimum absolute atomic E-state index is 0.209. The molecule has 3 nitrogen and oxygen atoms in total. The molecule has 2 N–H and O–H groups in total. The summed E-state index contributed by atoms with van der Waals surface area (Å²) in [5.41, 5.74) is 7.01. The lowest BCUT2D eigenvalue weighted by Gasteiger charge is -2.15. The molecule has 0 spiro atoms. The summed E-state index contributed by atoms with van der Waals surface area (Å²) >= 11 is 6.04. The standard InChI is InChI=1S/C12H16ClNO2/c1-7-4-10(5-8(2)12(7)13)16-9(3)6-11(14)15/h4-5,9H,6H2,1-3H3,(H2,14,15). The third kappa shape index (κ3) is 3.42. The minimum Gasteiger partial charge on any atom is -0.490 e. The topological polar surface area (TPSA) is 52.3 Å². The van der Waals surface area contributed by atoms with Crippen molar-refractivity contribution in [3.8, 4) is 5.75 Å². The molecule has 4 heteroatoms. The van der Waals surface area contributed by atoms with Crippen LogP contribution in [0.2, 0.25) is 5.02 Å². The molecule has 0 aromatic heterocycles. The molecule has 1 unspecified atom stereocenters. The summed E-state index contributed by atoms with van der Waals surface area (Å²) in [7, 11) is 0. The van der Waals surface area contributed by atoms with Gasteiger partial charge in [-0.1, -0.05) is 11.6 Å². The normalized spacial score (nSPS) is 12.2. The molecule has 1 aromatic rings. The van der Waals surface area contributed by atoms with Crippen molar-refractivity contribution in [3.63, 3.8) is 0 Å². The Morgan fingerprint density at radius 1 is 1.44 bits per heavy atom. The summed E-state index contributed by atoms with van der Waals surface area (Å²) in [6, 6.07) is 3.71. The highest BCUT2D eigenvalue weighted by Gasteiger charge is 2.09. The van der Waals surface area contributed by atoms with E-state index in [4.69, 9.17) is 22.1 Å². The van der Waals surface area contributed by atoms with Crippen molar-refractivity contribution in [2.24, 2.45) is 5.73 Å². The van der Waals surface area contributed by atoms with Gasteiger partial charge in [-0.15, -0.1) is 0 Å². The molecule has 1 amide bonds. The number of hydrogen-bond acceptors (Lipinski definition) is 2. The van der Waals surface area contributed by atoms with Gasteiger partial charge in [0, 0.05) is 5.02 Å². The molecule has 0 aliphatic heterocycles. The average molecular weight is 242 g/mol. The predicted molar refractivity (Wildman–Crippen MR) is 64.8 cm³/mol. The number of primary amides is 1. The Kier molecular flexibility index (Phi) is 4.19. The number of amides is 1. The number of halogens is 1. The average Bonchev–Trinajstić information content (AvgIpc) is 2.12. The van der Waals surface area contributed by atoms with Crippen LogP contribution in [0.5, 0.6) is 5.75 Å². The number of ether oxygens (including phenoxy) is 1. The first kappa shape index (κ1) is 12.8. The van der Waals surface area contributed by atoms with Crippen molar-refractivity contribution >= 4 is 17.5 Å². The third-order valence-corrected chi connectivity index (χ3v) is 2.83. The van der Waals surface area contributed by atoms with E-state index >= 15 is 0 Å². The molecule has 0 radical (unpaired) electrons. The molecule has 0 saturated heterocycles. The van der Waals surface area contributed by atoms with Gasteiger partial charge in [-0.25, -0.2) is 0 Å². The molecule has 16 heavy (non-hydrogen) atoms. The Labute approximate surface area is 101 Å². The molecule has 0 saturated carbocycles. The van der Waals surface area contributed by atoms with E-state index in [0.29, 0.717) is 5.75 Å². The van der Waals surface area contributed by atoms with Crippen LogP contribution < -0.4 is 10.5 Å². The summed E-state index contributed by atoms with van der Waals surface area (Å²) in [5.74, 6) is 0.350. The molecule has 0 aliphatic rings. The second-order valence-corrected chi connectivity index (χ2v) is 4.35. The second-order valence-electron chi connectivity index (χ2n) is 3.97. The van der Waals surface area contributed by atoms with Crippen LogP contribution in [0.15, 0.2) is 12.1 Å². The van der Waals surface area contributed by atoms with Crippen LogP contribution in [0, 0.1) is 13.8 Å². The summed E-state index contributed by atoms with van der Waals surface area (Å²) in [6.45, 7) is 5.64. The molecule has 0 aliphatic carbocycles. The van der Waals surface area contributed by atoms with Crippen LogP contribution >= 0.6 is 11.6 Å². The van der Waals surface area contributed by atoms with Crippen LogP contribution in [0.25, 0.3) is 0 Å². The molecule has 1 aromatic carbocycles. The molecule has 0 bridgehead atoms. The lowest BCUT2D eigenvalue weighted by Crippen LogP contribution is -2.22. The Morgan fingerprint density at radius 3 is 2.38 bits per heavy atom. The van der Waals surface area contributed by atoms with E-state index in [1.807, 2.05) is 32.9 Å². The van der Waals surface area contributed by atoms with Crippen LogP contribution in [-0.2, 0) is 4.79 Å². The van der Waals surface area contributed by atoms with Crippen molar-refractivity contribution in [2.75, 3.05) is 0 Å². The van der Waals surface area contributed by atoms with Gasteiger partial charge in [0.25, 0.3) is 0 Å². The Hall–Kier alpha value is -1.22. The Morgan fingerprint density at radius 2 is 1.94 bits per heavy atom. The van der Waals surface area contributed by atoms with Gasteiger partial charge in [-0.05, 0) is 44.0 Å². The number of aryl methyl sites for hydroxylation is 2. The zero-order valence-corrected chi connectivity index (χ0v) is 10.5. The monoisotopic (exact) mass is 241 g/mol. The number of carbonyl (C=O) groups excluding carboxylic acids is 1. The summed E-state index contributed by atoms with van der Waals surface area (Å²) in [5, 5.41) is 0.745. The van der Waals surface area contributed by atoms with Gasteiger partial charge in [0.2, 0.25) is 5.91 Å². The number of nitrogens with two attached hydrogens (primary N) is 1. The largest absolute Gasteiger partial charge is 0.490 e. The third-order valence-electron chi connectivity index (χ3n) is 2.24. The zero-order chi connectivity index (χ0) is 12.3. The van der Waals surface area contributed by atoms with E-state index in [-0.39, 0.29) is 18.4 Å². The molecule has 1 atom stereocenters. The summed E-state index contributed by atoms with van der Waals surface area (Å²) < 4.78 is 5.58. The SMILES string of the molecule is Cc1cc(OC(C)CC(N)=O)cc(C)c1Cl. The fourth-order valence-electron chi connectivity index (χ4n) is 1.53. The second kappa shape index (κ2) is 5.21. The molecular weight excluding hydrogens is 226 g/mol. The Bertz CT molecular complexity index is 381. The van der Waals surface area contributed by atoms with Crippen molar-refractivity contribution in [1.82, 2.24) is 0 Å². The van der Waals surface area contributed by atoms with Gasteiger partial charge in [0.15, 0.2) is 0 Å². The van der Waals surface area contributed by atoms with Gasteiger partial charge in [-0.2, -0.15) is 0 Å². The maximum atomic E-state index is 10.7. The van der Waals surface area contributed by atoms with Crippen molar-refractivity contribution < 1.29 is 9.53 Å².